The lowest BCUT2D eigenvalue weighted by Crippen LogP contribution is -2.37. The molecule has 0 saturated carbocycles. The van der Waals surface area contributed by atoms with E-state index in [1.165, 1.54) is 21.4 Å². The Morgan fingerprint density at radius 2 is 2.16 bits per heavy atom. The molecule has 1 N–H and O–H groups in total. The number of imidazole rings is 1. The number of hydrogen-bond acceptors (Lipinski definition) is 3. The van der Waals surface area contributed by atoms with E-state index in [9.17, 15) is 22.8 Å². The highest BCUT2D eigenvalue weighted by atomic mass is 19.4. The van der Waals surface area contributed by atoms with E-state index in [4.69, 9.17) is 0 Å². The van der Waals surface area contributed by atoms with E-state index >= 15 is 0 Å². The second kappa shape index (κ2) is 6.73. The number of halogens is 3. The zero-order valence-electron chi connectivity index (χ0n) is 13.3. The van der Waals surface area contributed by atoms with E-state index in [0.717, 1.165) is 6.20 Å². The molecule has 1 aliphatic rings. The second-order valence-corrected chi connectivity index (χ2v) is 6.07. The molecule has 0 radical (unpaired) electrons. The number of fused-ring (bicyclic) bond motifs is 1. The molecule has 1 amide bonds. The van der Waals surface area contributed by atoms with Gasteiger partial charge < -0.3 is 14.5 Å². The van der Waals surface area contributed by atoms with E-state index < -0.39 is 11.9 Å². The first kappa shape index (κ1) is 17.2. The number of nitrogens with one attached hydrogen (secondary N) is 1. The molecule has 2 aromatic heterocycles. The molecule has 25 heavy (non-hydrogen) atoms. The Morgan fingerprint density at radius 3 is 2.88 bits per heavy atom. The third-order valence-corrected chi connectivity index (χ3v) is 4.18. The van der Waals surface area contributed by atoms with E-state index in [2.05, 4.69) is 10.3 Å². The summed E-state index contributed by atoms with van der Waals surface area (Å²) >= 11 is 0. The predicted octanol–water partition coefficient (Wildman–Crippen LogP) is 1.44. The molecule has 1 aliphatic heterocycles. The van der Waals surface area contributed by atoms with Gasteiger partial charge in [0.05, 0.1) is 0 Å². The minimum absolute atomic E-state index is 0.0271. The average Bonchev–Trinajstić information content (AvgIpc) is 2.99. The number of nitrogens with zero attached hydrogens (tertiary/aromatic N) is 3. The Hall–Kier alpha value is -2.58. The van der Waals surface area contributed by atoms with Gasteiger partial charge in [0.1, 0.15) is 12.4 Å². The molecule has 0 saturated heterocycles. The molecule has 3 rings (SSSR count). The van der Waals surface area contributed by atoms with Crippen molar-refractivity contribution in [2.45, 2.75) is 32.1 Å². The summed E-state index contributed by atoms with van der Waals surface area (Å²) in [6.07, 6.45) is -0.808. The van der Waals surface area contributed by atoms with Gasteiger partial charge in [-0.3, -0.25) is 9.59 Å². The lowest BCUT2D eigenvalue weighted by molar-refractivity contribution is -0.141. The molecule has 0 unspecified atom stereocenters. The van der Waals surface area contributed by atoms with Crippen molar-refractivity contribution in [2.24, 2.45) is 5.92 Å². The lowest BCUT2D eigenvalue weighted by Gasteiger charge is -2.23. The van der Waals surface area contributed by atoms with Crippen LogP contribution in [-0.4, -0.2) is 26.6 Å². The Kier molecular flexibility index (Phi) is 4.65. The van der Waals surface area contributed by atoms with Crippen molar-refractivity contribution in [1.29, 1.82) is 0 Å². The Labute approximate surface area is 141 Å². The van der Waals surface area contributed by atoms with Gasteiger partial charge in [0, 0.05) is 38.0 Å². The molecule has 134 valence electrons. The molecule has 1 atom stereocenters. The molecule has 0 spiro atoms. The lowest BCUT2D eigenvalue weighted by atomic mass is 9.99. The maximum atomic E-state index is 12.7. The van der Waals surface area contributed by atoms with E-state index in [-0.39, 0.29) is 23.9 Å². The van der Waals surface area contributed by atoms with Crippen LogP contribution in [0.2, 0.25) is 0 Å². The number of aromatic nitrogens is 3. The van der Waals surface area contributed by atoms with Crippen LogP contribution in [0.1, 0.15) is 17.9 Å². The molecular formula is C16H17F3N4O2. The van der Waals surface area contributed by atoms with Crippen LogP contribution in [0, 0.1) is 5.92 Å². The monoisotopic (exact) mass is 354 g/mol. The highest BCUT2D eigenvalue weighted by Crippen LogP contribution is 2.30. The van der Waals surface area contributed by atoms with Crippen molar-refractivity contribution in [3.63, 3.8) is 0 Å². The first-order chi connectivity index (χ1) is 11.8. The summed E-state index contributed by atoms with van der Waals surface area (Å²) in [7, 11) is 0. The molecule has 0 fully saturated rings. The Bertz CT molecular complexity index is 825. The standard InChI is InChI=1S/C16H17F3N4O2/c17-16(18,19)12-9-23-8-11(4-5-13(23)21-12)7-20-14(24)10-22-6-2-1-3-15(22)25/h1-3,6,9,11H,4-5,7-8,10H2,(H,20,24)/t11-/m1/s1. The number of hydrogen-bond donors (Lipinski definition) is 1. The quantitative estimate of drug-likeness (QED) is 0.903. The molecular weight excluding hydrogens is 337 g/mol. The summed E-state index contributed by atoms with van der Waals surface area (Å²) < 4.78 is 40.9. The largest absolute Gasteiger partial charge is 0.434 e. The molecule has 0 bridgehead atoms. The number of amides is 1. The highest BCUT2D eigenvalue weighted by molar-refractivity contribution is 5.75. The average molecular weight is 354 g/mol. The molecule has 9 heteroatoms. The topological polar surface area (TPSA) is 68.9 Å². The van der Waals surface area contributed by atoms with Crippen molar-refractivity contribution in [3.05, 3.63) is 52.5 Å². The fraction of sp³-hybridized carbons (Fsp3) is 0.438. The van der Waals surface area contributed by atoms with Crippen molar-refractivity contribution >= 4 is 5.91 Å². The normalized spacial score (nSPS) is 17.2. The third-order valence-electron chi connectivity index (χ3n) is 4.18. The maximum absolute atomic E-state index is 12.7. The van der Waals surface area contributed by atoms with Crippen molar-refractivity contribution in [2.75, 3.05) is 6.54 Å². The molecule has 6 nitrogen and oxygen atoms in total. The smallest absolute Gasteiger partial charge is 0.354 e. The van der Waals surface area contributed by atoms with Crippen LogP contribution in [0.3, 0.4) is 0 Å². The van der Waals surface area contributed by atoms with E-state index in [0.29, 0.717) is 31.8 Å². The molecule has 0 aromatic carbocycles. The summed E-state index contributed by atoms with van der Waals surface area (Å²) in [4.78, 5) is 27.1. The summed E-state index contributed by atoms with van der Waals surface area (Å²) in [5.74, 6) is 0.144. The molecule has 0 aliphatic carbocycles. The van der Waals surface area contributed by atoms with Crippen molar-refractivity contribution in [1.82, 2.24) is 19.4 Å². The fourth-order valence-electron chi connectivity index (χ4n) is 2.88. The fourth-order valence-corrected chi connectivity index (χ4v) is 2.88. The molecule has 3 heterocycles. The highest BCUT2D eigenvalue weighted by Gasteiger charge is 2.35. The van der Waals surface area contributed by atoms with Gasteiger partial charge in [-0.25, -0.2) is 4.98 Å². The van der Waals surface area contributed by atoms with Crippen LogP contribution >= 0.6 is 0 Å². The van der Waals surface area contributed by atoms with Gasteiger partial charge in [0.15, 0.2) is 5.69 Å². The summed E-state index contributed by atoms with van der Waals surface area (Å²) in [5.41, 5.74) is -1.14. The van der Waals surface area contributed by atoms with Crippen molar-refractivity contribution in [3.8, 4) is 0 Å². The summed E-state index contributed by atoms with van der Waals surface area (Å²) in [6.45, 7) is 0.643. The zero-order valence-corrected chi connectivity index (χ0v) is 13.3. The van der Waals surface area contributed by atoms with Crippen LogP contribution in [0.5, 0.6) is 0 Å². The van der Waals surface area contributed by atoms with Gasteiger partial charge in [-0.1, -0.05) is 6.07 Å². The zero-order chi connectivity index (χ0) is 18.0. The summed E-state index contributed by atoms with van der Waals surface area (Å²) in [6, 6.07) is 4.62. The van der Waals surface area contributed by atoms with Gasteiger partial charge in [-0.15, -0.1) is 0 Å². The first-order valence-corrected chi connectivity index (χ1v) is 7.88. The summed E-state index contributed by atoms with van der Waals surface area (Å²) in [5, 5.41) is 2.74. The number of carbonyl (C=O) groups is 1. The van der Waals surface area contributed by atoms with Gasteiger partial charge in [-0.05, 0) is 18.4 Å². The number of rotatable bonds is 4. The van der Waals surface area contributed by atoms with Gasteiger partial charge in [0.2, 0.25) is 5.91 Å². The SMILES string of the molecule is O=C(Cn1ccccc1=O)NC[C@H]1CCc2nc(C(F)(F)F)cn2C1. The van der Waals surface area contributed by atoms with Crippen molar-refractivity contribution < 1.29 is 18.0 Å². The van der Waals surface area contributed by atoms with Gasteiger partial charge in [0.25, 0.3) is 5.56 Å². The minimum atomic E-state index is -4.45. The van der Waals surface area contributed by atoms with E-state index in [1.807, 2.05) is 0 Å². The number of aryl methyl sites for hydroxylation is 1. The number of alkyl halides is 3. The number of carbonyl (C=O) groups excluding carboxylic acids is 1. The van der Waals surface area contributed by atoms with Crippen LogP contribution in [0.25, 0.3) is 0 Å². The maximum Gasteiger partial charge on any atom is 0.434 e. The minimum Gasteiger partial charge on any atom is -0.354 e. The Morgan fingerprint density at radius 1 is 1.36 bits per heavy atom. The number of pyridine rings is 1. The van der Waals surface area contributed by atoms with Crippen LogP contribution < -0.4 is 10.9 Å². The van der Waals surface area contributed by atoms with Crippen LogP contribution in [0.15, 0.2) is 35.4 Å². The Balaban J connectivity index is 1.55. The van der Waals surface area contributed by atoms with Crippen LogP contribution in [0.4, 0.5) is 13.2 Å². The van der Waals surface area contributed by atoms with E-state index in [1.54, 1.807) is 12.1 Å². The first-order valence-electron chi connectivity index (χ1n) is 7.88. The predicted molar refractivity (Wildman–Crippen MR) is 82.8 cm³/mol. The molecule has 2 aromatic rings. The second-order valence-electron chi connectivity index (χ2n) is 6.07. The van der Waals surface area contributed by atoms with Gasteiger partial charge >= 0.3 is 6.18 Å². The van der Waals surface area contributed by atoms with Gasteiger partial charge in [-0.2, -0.15) is 13.2 Å². The third kappa shape index (κ3) is 4.09. The van der Waals surface area contributed by atoms with Crippen LogP contribution in [-0.2, 0) is 30.5 Å².